The summed E-state index contributed by atoms with van der Waals surface area (Å²) < 4.78 is 6.41. The Balaban J connectivity index is 2.10. The number of benzene rings is 1. The van der Waals surface area contributed by atoms with E-state index >= 15 is 0 Å². The lowest BCUT2D eigenvalue weighted by Gasteiger charge is -2.13. The smallest absolute Gasteiger partial charge is 0.0666 e. The van der Waals surface area contributed by atoms with Gasteiger partial charge in [0.15, 0.2) is 0 Å². The second kappa shape index (κ2) is 4.59. The summed E-state index contributed by atoms with van der Waals surface area (Å²) >= 11 is 3.54. The summed E-state index contributed by atoms with van der Waals surface area (Å²) in [6, 6.07) is 8.36. The maximum Gasteiger partial charge on any atom is 0.0666 e. The third-order valence-corrected chi connectivity index (χ3v) is 3.70. The number of rotatable bonds is 1. The summed E-state index contributed by atoms with van der Waals surface area (Å²) in [7, 11) is 0. The Bertz CT molecular complexity index is 592. The zero-order valence-corrected chi connectivity index (χ0v) is 10.9. The van der Waals surface area contributed by atoms with E-state index in [0.29, 0.717) is 6.61 Å². The Morgan fingerprint density at radius 1 is 1.29 bits per heavy atom. The molecular formula is C14H12BrNO. The zero-order chi connectivity index (χ0) is 11.7. The lowest BCUT2D eigenvalue weighted by Crippen LogP contribution is -2.04. The monoisotopic (exact) mass is 289 g/mol. The number of halogens is 1. The van der Waals surface area contributed by atoms with E-state index in [9.17, 15) is 0 Å². The number of nitrogens with zero attached hydrogens (tertiary/aromatic N) is 1. The van der Waals surface area contributed by atoms with Gasteiger partial charge in [-0.05, 0) is 29.5 Å². The van der Waals surface area contributed by atoms with Gasteiger partial charge in [-0.2, -0.15) is 0 Å². The van der Waals surface area contributed by atoms with Crippen LogP contribution in [0.1, 0.15) is 12.1 Å². The van der Waals surface area contributed by atoms with Crippen LogP contribution in [0.5, 0.6) is 0 Å². The molecule has 3 heteroatoms. The molecule has 0 saturated heterocycles. The van der Waals surface area contributed by atoms with Gasteiger partial charge in [0.2, 0.25) is 0 Å². The highest BCUT2D eigenvalue weighted by Crippen LogP contribution is 2.27. The molecule has 2 aromatic rings. The van der Waals surface area contributed by atoms with Crippen molar-refractivity contribution < 1.29 is 4.74 Å². The van der Waals surface area contributed by atoms with E-state index in [1.165, 1.54) is 11.0 Å². The Morgan fingerprint density at radius 3 is 3.06 bits per heavy atom. The molecule has 1 aromatic carbocycles. The lowest BCUT2D eigenvalue weighted by atomic mass is 10.0. The van der Waals surface area contributed by atoms with Gasteiger partial charge in [-0.1, -0.05) is 34.1 Å². The summed E-state index contributed by atoms with van der Waals surface area (Å²) in [5.41, 5.74) is 2.36. The first kappa shape index (κ1) is 10.9. The molecule has 1 aliphatic rings. The third kappa shape index (κ3) is 2.13. The molecule has 0 bridgehead atoms. The fourth-order valence-corrected chi connectivity index (χ4v) is 2.55. The number of hydrogen-bond acceptors (Lipinski definition) is 2. The number of ether oxygens (including phenoxy) is 1. The molecule has 86 valence electrons. The molecule has 1 aromatic heterocycles. The average molecular weight is 290 g/mol. The zero-order valence-electron chi connectivity index (χ0n) is 9.32. The highest BCUT2D eigenvalue weighted by Gasteiger charge is 2.08. The SMILES string of the molecule is Brc1cccc2cc(C3=CCOCC3)ncc12. The van der Waals surface area contributed by atoms with Crippen LogP contribution in [-0.4, -0.2) is 18.2 Å². The largest absolute Gasteiger partial charge is 0.377 e. The second-order valence-corrected chi connectivity index (χ2v) is 4.94. The van der Waals surface area contributed by atoms with Gasteiger partial charge in [-0.3, -0.25) is 4.98 Å². The van der Waals surface area contributed by atoms with E-state index in [2.05, 4.69) is 45.2 Å². The van der Waals surface area contributed by atoms with Crippen LogP contribution in [0.25, 0.3) is 16.3 Å². The molecule has 3 rings (SSSR count). The summed E-state index contributed by atoms with van der Waals surface area (Å²) in [6.07, 6.45) is 5.01. The van der Waals surface area contributed by atoms with E-state index < -0.39 is 0 Å². The molecule has 0 fully saturated rings. The molecule has 0 unspecified atom stereocenters. The Kier molecular flexibility index (Phi) is 2.95. The van der Waals surface area contributed by atoms with Gasteiger partial charge < -0.3 is 4.74 Å². The van der Waals surface area contributed by atoms with E-state index in [1.807, 2.05) is 12.3 Å². The van der Waals surface area contributed by atoms with Crippen molar-refractivity contribution in [1.82, 2.24) is 4.98 Å². The van der Waals surface area contributed by atoms with Crippen molar-refractivity contribution in [2.45, 2.75) is 6.42 Å². The second-order valence-electron chi connectivity index (χ2n) is 4.08. The molecule has 2 heterocycles. The van der Waals surface area contributed by atoms with Gasteiger partial charge in [-0.25, -0.2) is 0 Å². The standard InChI is InChI=1S/C14H12BrNO/c15-13-3-1-2-11-8-14(16-9-12(11)13)10-4-6-17-7-5-10/h1-4,8-9H,5-7H2. The van der Waals surface area contributed by atoms with Gasteiger partial charge in [0, 0.05) is 16.1 Å². The van der Waals surface area contributed by atoms with E-state index in [-0.39, 0.29) is 0 Å². The quantitative estimate of drug-likeness (QED) is 0.797. The van der Waals surface area contributed by atoms with Crippen LogP contribution in [0, 0.1) is 0 Å². The lowest BCUT2D eigenvalue weighted by molar-refractivity contribution is 0.161. The maximum atomic E-state index is 5.32. The molecule has 0 spiro atoms. The number of pyridine rings is 1. The van der Waals surface area contributed by atoms with Crippen molar-refractivity contribution in [3.8, 4) is 0 Å². The minimum absolute atomic E-state index is 0.702. The van der Waals surface area contributed by atoms with Crippen LogP contribution in [0.4, 0.5) is 0 Å². The fourth-order valence-electron chi connectivity index (χ4n) is 2.07. The molecule has 0 amide bonds. The molecule has 0 radical (unpaired) electrons. The van der Waals surface area contributed by atoms with Gasteiger partial charge in [0.05, 0.1) is 18.9 Å². The number of hydrogen-bond donors (Lipinski definition) is 0. The van der Waals surface area contributed by atoms with Crippen molar-refractivity contribution in [3.63, 3.8) is 0 Å². The highest BCUT2D eigenvalue weighted by atomic mass is 79.9. The molecule has 17 heavy (non-hydrogen) atoms. The van der Waals surface area contributed by atoms with Gasteiger partial charge in [0.25, 0.3) is 0 Å². The molecular weight excluding hydrogens is 278 g/mol. The normalized spacial score (nSPS) is 15.9. The first-order valence-corrected chi connectivity index (χ1v) is 6.45. The van der Waals surface area contributed by atoms with Crippen LogP contribution in [0.15, 0.2) is 41.0 Å². The first-order valence-electron chi connectivity index (χ1n) is 5.66. The van der Waals surface area contributed by atoms with Crippen molar-refractivity contribution in [1.29, 1.82) is 0 Å². The topological polar surface area (TPSA) is 22.1 Å². The molecule has 0 saturated carbocycles. The van der Waals surface area contributed by atoms with Gasteiger partial charge in [-0.15, -0.1) is 0 Å². The van der Waals surface area contributed by atoms with Crippen molar-refractivity contribution in [3.05, 3.63) is 46.7 Å². The van der Waals surface area contributed by atoms with Crippen molar-refractivity contribution >= 4 is 32.3 Å². The Labute approximate surface area is 108 Å². The van der Waals surface area contributed by atoms with E-state index in [0.717, 1.165) is 28.6 Å². The predicted octanol–water partition coefficient (Wildman–Crippen LogP) is 3.80. The molecule has 0 N–H and O–H groups in total. The summed E-state index contributed by atoms with van der Waals surface area (Å²) in [4.78, 5) is 4.54. The number of aromatic nitrogens is 1. The fraction of sp³-hybridized carbons (Fsp3) is 0.214. The average Bonchev–Trinajstić information content (AvgIpc) is 2.40. The van der Waals surface area contributed by atoms with Crippen LogP contribution >= 0.6 is 15.9 Å². The molecule has 1 aliphatic heterocycles. The van der Waals surface area contributed by atoms with Crippen LogP contribution in [0.2, 0.25) is 0 Å². The summed E-state index contributed by atoms with van der Waals surface area (Å²) in [6.45, 7) is 1.50. The Morgan fingerprint density at radius 2 is 2.24 bits per heavy atom. The Hall–Kier alpha value is -1.19. The van der Waals surface area contributed by atoms with Crippen molar-refractivity contribution in [2.24, 2.45) is 0 Å². The summed E-state index contributed by atoms with van der Waals surface area (Å²) in [5.74, 6) is 0. The van der Waals surface area contributed by atoms with Crippen LogP contribution in [0.3, 0.4) is 0 Å². The van der Waals surface area contributed by atoms with E-state index in [4.69, 9.17) is 4.74 Å². The summed E-state index contributed by atoms with van der Waals surface area (Å²) in [5, 5.41) is 2.38. The molecule has 0 atom stereocenters. The maximum absolute atomic E-state index is 5.32. The minimum atomic E-state index is 0.702. The highest BCUT2D eigenvalue weighted by molar-refractivity contribution is 9.10. The van der Waals surface area contributed by atoms with Crippen molar-refractivity contribution in [2.75, 3.05) is 13.2 Å². The molecule has 2 nitrogen and oxygen atoms in total. The predicted molar refractivity (Wildman–Crippen MR) is 72.9 cm³/mol. The van der Waals surface area contributed by atoms with Crippen LogP contribution < -0.4 is 0 Å². The van der Waals surface area contributed by atoms with Gasteiger partial charge in [0.1, 0.15) is 0 Å². The minimum Gasteiger partial charge on any atom is -0.377 e. The third-order valence-electron chi connectivity index (χ3n) is 3.00. The van der Waals surface area contributed by atoms with Crippen LogP contribution in [-0.2, 0) is 4.74 Å². The van der Waals surface area contributed by atoms with Gasteiger partial charge >= 0.3 is 0 Å². The van der Waals surface area contributed by atoms with E-state index in [1.54, 1.807) is 0 Å². The molecule has 0 aliphatic carbocycles. The first-order chi connectivity index (χ1) is 8.34. The number of fused-ring (bicyclic) bond motifs is 1.